The molecule has 0 aliphatic rings. The summed E-state index contributed by atoms with van der Waals surface area (Å²) in [6, 6.07) is 9.25. The van der Waals surface area contributed by atoms with Crippen molar-refractivity contribution in [3.05, 3.63) is 42.7 Å². The van der Waals surface area contributed by atoms with Crippen molar-refractivity contribution in [1.29, 1.82) is 0 Å². The monoisotopic (exact) mass is 378 g/mol. The molecule has 26 heavy (non-hydrogen) atoms. The van der Waals surface area contributed by atoms with Crippen LogP contribution in [0, 0.1) is 0 Å². The molecule has 0 bridgehead atoms. The first-order valence-electron chi connectivity index (χ1n) is 8.58. The molecule has 1 aromatic heterocycles. The van der Waals surface area contributed by atoms with E-state index in [4.69, 9.17) is 0 Å². The van der Waals surface area contributed by atoms with E-state index in [2.05, 4.69) is 15.1 Å². The van der Waals surface area contributed by atoms with Crippen LogP contribution in [-0.2, 0) is 14.8 Å². The third-order valence-electron chi connectivity index (χ3n) is 3.85. The van der Waals surface area contributed by atoms with E-state index in [0.29, 0.717) is 25.8 Å². The topological polar surface area (TPSA) is 93.1 Å². The lowest BCUT2D eigenvalue weighted by Gasteiger charge is -2.19. The second-order valence-electron chi connectivity index (χ2n) is 7.01. The Bertz CT molecular complexity index is 807. The lowest BCUT2D eigenvalue weighted by molar-refractivity contribution is -0.116. The van der Waals surface area contributed by atoms with Crippen LogP contribution in [0.3, 0.4) is 0 Å². The summed E-state index contributed by atoms with van der Waals surface area (Å²) in [4.78, 5) is 12.0. The number of hydrogen-bond acceptors (Lipinski definition) is 4. The summed E-state index contributed by atoms with van der Waals surface area (Å²) in [5.41, 5.74) is 1.64. The number of amides is 1. The number of sulfonamides is 1. The summed E-state index contributed by atoms with van der Waals surface area (Å²) >= 11 is 0. The molecule has 0 spiro atoms. The Morgan fingerprint density at radius 1 is 1.15 bits per heavy atom. The Morgan fingerprint density at radius 2 is 1.85 bits per heavy atom. The van der Waals surface area contributed by atoms with Crippen molar-refractivity contribution in [3.8, 4) is 5.69 Å². The molecule has 0 aliphatic carbocycles. The zero-order chi connectivity index (χ0) is 19.2. The number of hydrogen-bond donors (Lipinski definition) is 2. The molecule has 142 valence electrons. The maximum absolute atomic E-state index is 12.0. The molecule has 0 saturated carbocycles. The van der Waals surface area contributed by atoms with Crippen LogP contribution >= 0.6 is 0 Å². The van der Waals surface area contributed by atoms with Crippen molar-refractivity contribution in [3.63, 3.8) is 0 Å². The first kappa shape index (κ1) is 20.1. The van der Waals surface area contributed by atoms with E-state index in [1.165, 1.54) is 0 Å². The van der Waals surface area contributed by atoms with E-state index in [1.807, 2.05) is 36.5 Å². The van der Waals surface area contributed by atoms with Crippen LogP contribution in [0.15, 0.2) is 42.7 Å². The third kappa shape index (κ3) is 5.67. The molecular formula is C18H26N4O3S. The smallest absolute Gasteiger partial charge is 0.224 e. The van der Waals surface area contributed by atoms with Gasteiger partial charge in [-0.15, -0.1) is 0 Å². The van der Waals surface area contributed by atoms with E-state index in [9.17, 15) is 13.2 Å². The molecule has 1 heterocycles. The molecule has 0 fully saturated rings. The van der Waals surface area contributed by atoms with Gasteiger partial charge in [-0.1, -0.05) is 0 Å². The number of nitrogens with zero attached hydrogens (tertiary/aromatic N) is 2. The lowest BCUT2D eigenvalue weighted by atomic mass is 10.2. The molecule has 2 rings (SSSR count). The Hall–Kier alpha value is -2.19. The van der Waals surface area contributed by atoms with E-state index in [1.54, 1.807) is 31.6 Å². The fourth-order valence-corrected chi connectivity index (χ4v) is 3.02. The van der Waals surface area contributed by atoms with Crippen molar-refractivity contribution in [2.24, 2.45) is 0 Å². The van der Waals surface area contributed by atoms with E-state index < -0.39 is 14.8 Å². The SMILES string of the molecule is CC(C)(C)S(=O)(=O)NCCCCC(=O)Nc1ccc(-n2cccn2)cc1. The number of anilines is 1. The van der Waals surface area contributed by atoms with Gasteiger partial charge in [0.25, 0.3) is 0 Å². The highest BCUT2D eigenvalue weighted by Gasteiger charge is 2.27. The summed E-state index contributed by atoms with van der Waals surface area (Å²) in [5, 5.41) is 6.99. The Kier molecular flexibility index (Phi) is 6.55. The third-order valence-corrected chi connectivity index (χ3v) is 6.05. The van der Waals surface area contributed by atoms with Gasteiger partial charge in [0.15, 0.2) is 0 Å². The van der Waals surface area contributed by atoms with Gasteiger partial charge in [-0.3, -0.25) is 4.79 Å². The highest BCUT2D eigenvalue weighted by atomic mass is 32.2. The van der Waals surface area contributed by atoms with E-state index in [-0.39, 0.29) is 5.91 Å². The zero-order valence-electron chi connectivity index (χ0n) is 15.4. The molecule has 8 heteroatoms. The fourth-order valence-electron chi connectivity index (χ4n) is 2.18. The first-order valence-corrected chi connectivity index (χ1v) is 10.1. The summed E-state index contributed by atoms with van der Waals surface area (Å²) in [7, 11) is -3.33. The molecule has 7 nitrogen and oxygen atoms in total. The summed E-state index contributed by atoms with van der Waals surface area (Å²) in [5.74, 6) is -0.0875. The van der Waals surface area contributed by atoms with Gasteiger partial charge in [-0.05, 0) is 63.9 Å². The molecule has 1 amide bonds. The lowest BCUT2D eigenvalue weighted by Crippen LogP contribution is -2.39. The van der Waals surface area contributed by atoms with Crippen molar-refractivity contribution < 1.29 is 13.2 Å². The molecule has 2 N–H and O–H groups in total. The predicted molar refractivity (Wildman–Crippen MR) is 103 cm³/mol. The largest absolute Gasteiger partial charge is 0.326 e. The number of rotatable bonds is 8. The van der Waals surface area contributed by atoms with Gasteiger partial charge < -0.3 is 5.32 Å². The van der Waals surface area contributed by atoms with Crippen LogP contribution in [-0.4, -0.2) is 35.4 Å². The second kappa shape index (κ2) is 8.46. The van der Waals surface area contributed by atoms with Crippen LogP contribution < -0.4 is 10.0 Å². The average molecular weight is 378 g/mol. The maximum Gasteiger partial charge on any atom is 0.224 e. The van der Waals surface area contributed by atoms with Crippen LogP contribution in [0.5, 0.6) is 0 Å². The minimum Gasteiger partial charge on any atom is -0.326 e. The Balaban J connectivity index is 1.71. The number of nitrogens with one attached hydrogen (secondary N) is 2. The van der Waals surface area contributed by atoms with E-state index in [0.717, 1.165) is 11.4 Å². The van der Waals surface area contributed by atoms with Crippen molar-refractivity contribution in [1.82, 2.24) is 14.5 Å². The van der Waals surface area contributed by atoms with Gasteiger partial charge in [0.05, 0.1) is 10.4 Å². The fraction of sp³-hybridized carbons (Fsp3) is 0.444. The summed E-state index contributed by atoms with van der Waals surface area (Å²) in [6.07, 6.45) is 5.13. The van der Waals surface area contributed by atoms with Crippen molar-refractivity contribution in [2.75, 3.05) is 11.9 Å². The molecule has 1 aromatic carbocycles. The standard InChI is InChI=1S/C18H26N4O3S/c1-18(2,3)26(24,25)20-13-5-4-7-17(23)21-15-8-10-16(11-9-15)22-14-6-12-19-22/h6,8-12,14,20H,4-5,7,13H2,1-3H3,(H,21,23). The van der Waals surface area contributed by atoms with Crippen LogP contribution in [0.2, 0.25) is 0 Å². The molecule has 0 unspecified atom stereocenters. The van der Waals surface area contributed by atoms with Crippen molar-refractivity contribution >= 4 is 21.6 Å². The molecule has 0 radical (unpaired) electrons. The van der Waals surface area contributed by atoms with Crippen LogP contribution in [0.4, 0.5) is 5.69 Å². The normalized spacial score (nSPS) is 12.1. The number of carbonyl (C=O) groups excluding carboxylic acids is 1. The quantitative estimate of drug-likeness (QED) is 0.691. The Labute approximate surface area is 154 Å². The highest BCUT2D eigenvalue weighted by molar-refractivity contribution is 7.90. The predicted octanol–water partition coefficient (Wildman–Crippen LogP) is 2.70. The summed E-state index contributed by atoms with van der Waals surface area (Å²) < 4.78 is 27.3. The molecule has 0 aliphatic heterocycles. The molecule has 2 aromatic rings. The zero-order valence-corrected chi connectivity index (χ0v) is 16.2. The van der Waals surface area contributed by atoms with Gasteiger partial charge in [0.2, 0.25) is 15.9 Å². The van der Waals surface area contributed by atoms with Crippen LogP contribution in [0.25, 0.3) is 5.69 Å². The highest BCUT2D eigenvalue weighted by Crippen LogP contribution is 2.14. The number of unbranched alkanes of at least 4 members (excludes halogenated alkanes) is 1. The minimum atomic E-state index is -3.33. The van der Waals surface area contributed by atoms with E-state index >= 15 is 0 Å². The number of aromatic nitrogens is 2. The van der Waals surface area contributed by atoms with Gasteiger partial charge >= 0.3 is 0 Å². The van der Waals surface area contributed by atoms with Gasteiger partial charge in [0.1, 0.15) is 0 Å². The second-order valence-corrected chi connectivity index (χ2v) is 9.53. The maximum atomic E-state index is 12.0. The van der Waals surface area contributed by atoms with Gasteiger partial charge in [-0.25, -0.2) is 17.8 Å². The molecular weight excluding hydrogens is 352 g/mol. The van der Waals surface area contributed by atoms with Crippen molar-refractivity contribution in [2.45, 2.75) is 44.8 Å². The van der Waals surface area contributed by atoms with Gasteiger partial charge in [0, 0.05) is 31.0 Å². The number of carbonyl (C=O) groups is 1. The van der Waals surface area contributed by atoms with Gasteiger partial charge in [-0.2, -0.15) is 5.10 Å². The Morgan fingerprint density at radius 3 is 2.42 bits per heavy atom. The molecule has 0 atom stereocenters. The van der Waals surface area contributed by atoms with Crippen LogP contribution in [0.1, 0.15) is 40.0 Å². The molecule has 0 saturated heterocycles. The average Bonchev–Trinajstić information content (AvgIpc) is 3.08. The summed E-state index contributed by atoms with van der Waals surface area (Å²) in [6.45, 7) is 5.30. The first-order chi connectivity index (χ1) is 12.2. The number of benzene rings is 1. The minimum absolute atomic E-state index is 0.0875.